The first-order valence-corrected chi connectivity index (χ1v) is 11.3. The minimum atomic E-state index is -1.37. The number of nitro benzene ring substituents is 1. The molecule has 0 aliphatic carbocycles. The molecular formula is C23H19ClN4O6. The van der Waals surface area contributed by atoms with Gasteiger partial charge in [0.2, 0.25) is 17.7 Å². The van der Waals surface area contributed by atoms with E-state index in [1.807, 2.05) is 4.90 Å². The monoisotopic (exact) mass is 482 g/mol. The Labute approximate surface area is 198 Å². The predicted octanol–water partition coefficient (Wildman–Crippen LogP) is 2.69. The van der Waals surface area contributed by atoms with Crippen molar-refractivity contribution in [3.8, 4) is 5.75 Å². The molecule has 11 heteroatoms. The van der Waals surface area contributed by atoms with Crippen molar-refractivity contribution in [3.05, 3.63) is 57.1 Å². The molecule has 2 aromatic carbocycles. The van der Waals surface area contributed by atoms with E-state index < -0.39 is 34.1 Å². The van der Waals surface area contributed by atoms with Gasteiger partial charge in [-0.3, -0.25) is 29.4 Å². The van der Waals surface area contributed by atoms with Gasteiger partial charge in [0.1, 0.15) is 17.0 Å². The number of methoxy groups -OCH3 is 1. The fourth-order valence-electron chi connectivity index (χ4n) is 6.38. The SMILES string of the molecule is COc1ccc([N+](=O)[O-])cc1N1C(=O)[C@H]2[C@@H](C1=O)[C@]1(C(=O)Nc3ccc(Cl)cc31)N1CCC[C@@H]21. The van der Waals surface area contributed by atoms with Crippen LogP contribution in [0.2, 0.25) is 5.02 Å². The normalized spacial score (nSPS) is 29.4. The topological polar surface area (TPSA) is 122 Å². The van der Waals surface area contributed by atoms with Crippen molar-refractivity contribution in [1.29, 1.82) is 0 Å². The molecule has 0 bridgehead atoms. The van der Waals surface area contributed by atoms with Crippen LogP contribution >= 0.6 is 11.6 Å². The molecule has 6 rings (SSSR count). The van der Waals surface area contributed by atoms with E-state index in [4.69, 9.17) is 16.3 Å². The van der Waals surface area contributed by atoms with Crippen LogP contribution in [0.15, 0.2) is 36.4 Å². The number of hydrogen-bond donors (Lipinski definition) is 1. The van der Waals surface area contributed by atoms with E-state index in [-0.39, 0.29) is 29.1 Å². The molecule has 1 N–H and O–H groups in total. The number of rotatable bonds is 3. The Hall–Kier alpha value is -3.50. The summed E-state index contributed by atoms with van der Waals surface area (Å²) in [6.45, 7) is 0.567. The molecular weight excluding hydrogens is 464 g/mol. The summed E-state index contributed by atoms with van der Waals surface area (Å²) >= 11 is 6.29. The zero-order valence-corrected chi connectivity index (χ0v) is 18.7. The second-order valence-electron chi connectivity index (χ2n) is 8.94. The number of halogens is 1. The van der Waals surface area contributed by atoms with Crippen molar-refractivity contribution < 1.29 is 24.0 Å². The minimum Gasteiger partial charge on any atom is -0.495 e. The van der Waals surface area contributed by atoms with Crippen LogP contribution in [-0.2, 0) is 19.9 Å². The third kappa shape index (κ3) is 2.41. The Morgan fingerprint density at radius 1 is 1.18 bits per heavy atom. The molecule has 10 nitrogen and oxygen atoms in total. The highest BCUT2D eigenvalue weighted by Gasteiger charge is 2.74. The molecule has 0 aromatic heterocycles. The van der Waals surface area contributed by atoms with Gasteiger partial charge in [-0.05, 0) is 43.7 Å². The average molecular weight is 483 g/mol. The number of carbonyl (C=O) groups excluding carboxylic acids is 3. The molecule has 0 unspecified atom stereocenters. The quantitative estimate of drug-likeness (QED) is 0.405. The molecule has 4 aliphatic heterocycles. The molecule has 1 spiro atoms. The Bertz CT molecular complexity index is 1310. The fraction of sp³-hybridized carbons (Fsp3) is 0.348. The van der Waals surface area contributed by atoms with E-state index in [1.54, 1.807) is 18.2 Å². The van der Waals surface area contributed by atoms with Crippen LogP contribution in [0.3, 0.4) is 0 Å². The number of benzene rings is 2. The number of hydrogen-bond acceptors (Lipinski definition) is 7. The standard InChI is InChI=1S/C23H19ClN4O6/c1-34-17-7-5-12(28(32)33)10-16(17)27-20(29)18-15-3-2-8-26(15)23(19(18)21(27)30)13-9-11(24)4-6-14(13)25-22(23)31/h4-7,9-10,15,18-19H,2-3,8H2,1H3,(H,25,31)/t15-,18+,19-,23+/m0/s1. The number of nitrogens with zero attached hydrogens (tertiary/aromatic N) is 3. The molecule has 4 heterocycles. The summed E-state index contributed by atoms with van der Waals surface area (Å²) in [5.74, 6) is -3.03. The van der Waals surface area contributed by atoms with Gasteiger partial charge >= 0.3 is 0 Å². The highest BCUT2D eigenvalue weighted by molar-refractivity contribution is 6.31. The summed E-state index contributed by atoms with van der Waals surface area (Å²) in [6.07, 6.45) is 1.44. The van der Waals surface area contributed by atoms with Crippen molar-refractivity contribution in [2.45, 2.75) is 24.4 Å². The van der Waals surface area contributed by atoms with E-state index >= 15 is 0 Å². The minimum absolute atomic E-state index is 0.00511. The molecule has 3 amide bonds. The largest absolute Gasteiger partial charge is 0.495 e. The first kappa shape index (κ1) is 21.1. The van der Waals surface area contributed by atoms with Crippen LogP contribution in [0.4, 0.5) is 17.1 Å². The summed E-state index contributed by atoms with van der Waals surface area (Å²) in [5.41, 5.74) is -0.501. The Morgan fingerprint density at radius 3 is 2.71 bits per heavy atom. The van der Waals surface area contributed by atoms with E-state index in [9.17, 15) is 24.5 Å². The lowest BCUT2D eigenvalue weighted by Crippen LogP contribution is -2.54. The number of amides is 3. The molecule has 2 aromatic rings. The lowest BCUT2D eigenvalue weighted by Gasteiger charge is -2.36. The lowest BCUT2D eigenvalue weighted by molar-refractivity contribution is -0.384. The maximum Gasteiger partial charge on any atom is 0.271 e. The first-order valence-electron chi connectivity index (χ1n) is 10.9. The van der Waals surface area contributed by atoms with Gasteiger partial charge in [-0.2, -0.15) is 0 Å². The summed E-state index contributed by atoms with van der Waals surface area (Å²) in [5, 5.41) is 14.7. The molecule has 0 radical (unpaired) electrons. The van der Waals surface area contributed by atoms with Gasteiger partial charge in [0, 0.05) is 34.4 Å². The zero-order valence-electron chi connectivity index (χ0n) is 18.0. The van der Waals surface area contributed by atoms with Crippen molar-refractivity contribution in [1.82, 2.24) is 4.90 Å². The van der Waals surface area contributed by atoms with Crippen LogP contribution < -0.4 is 15.0 Å². The molecule has 3 fully saturated rings. The van der Waals surface area contributed by atoms with Crippen LogP contribution in [0.1, 0.15) is 18.4 Å². The highest BCUT2D eigenvalue weighted by atomic mass is 35.5. The van der Waals surface area contributed by atoms with Gasteiger partial charge < -0.3 is 10.1 Å². The Balaban J connectivity index is 1.56. The van der Waals surface area contributed by atoms with Crippen molar-refractivity contribution in [3.63, 3.8) is 0 Å². The molecule has 174 valence electrons. The van der Waals surface area contributed by atoms with Crippen LogP contribution in [0.5, 0.6) is 5.75 Å². The molecule has 34 heavy (non-hydrogen) atoms. The smallest absolute Gasteiger partial charge is 0.271 e. The van der Waals surface area contributed by atoms with Gasteiger partial charge in [-0.25, -0.2) is 4.90 Å². The van der Waals surface area contributed by atoms with Gasteiger partial charge in [-0.1, -0.05) is 11.6 Å². The predicted molar refractivity (Wildman–Crippen MR) is 121 cm³/mol. The van der Waals surface area contributed by atoms with Crippen molar-refractivity contribution >= 4 is 46.4 Å². The van der Waals surface area contributed by atoms with Crippen molar-refractivity contribution in [2.24, 2.45) is 11.8 Å². The summed E-state index contributed by atoms with van der Waals surface area (Å²) in [4.78, 5) is 55.2. The number of nitrogens with one attached hydrogen (secondary N) is 1. The van der Waals surface area contributed by atoms with Crippen molar-refractivity contribution in [2.75, 3.05) is 23.9 Å². The lowest BCUT2D eigenvalue weighted by atomic mass is 9.75. The van der Waals surface area contributed by atoms with E-state index in [0.717, 1.165) is 17.4 Å². The van der Waals surface area contributed by atoms with Gasteiger partial charge in [0.05, 0.1) is 23.9 Å². The third-order valence-corrected chi connectivity index (χ3v) is 7.80. The molecule has 0 saturated carbocycles. The number of non-ortho nitro benzene ring substituents is 1. The third-order valence-electron chi connectivity index (χ3n) is 7.57. The summed E-state index contributed by atoms with van der Waals surface area (Å²) in [6, 6.07) is 8.50. The summed E-state index contributed by atoms with van der Waals surface area (Å²) in [7, 11) is 1.36. The van der Waals surface area contributed by atoms with Gasteiger partial charge in [0.25, 0.3) is 5.69 Å². The Morgan fingerprint density at radius 2 is 1.97 bits per heavy atom. The van der Waals surface area contributed by atoms with Gasteiger partial charge in [0.15, 0.2) is 0 Å². The maximum atomic E-state index is 14.0. The van der Waals surface area contributed by atoms with E-state index in [1.165, 1.54) is 19.2 Å². The molecule has 4 aliphatic rings. The number of anilines is 2. The number of fused-ring (bicyclic) bond motifs is 7. The Kier molecular flexibility index (Phi) is 4.34. The maximum absolute atomic E-state index is 14.0. The molecule has 4 atom stereocenters. The number of nitro groups is 1. The molecule has 3 saturated heterocycles. The number of ether oxygens (including phenoxy) is 1. The van der Waals surface area contributed by atoms with Crippen LogP contribution in [0.25, 0.3) is 0 Å². The summed E-state index contributed by atoms with van der Waals surface area (Å²) < 4.78 is 5.33. The van der Waals surface area contributed by atoms with E-state index in [2.05, 4.69) is 5.32 Å². The average Bonchev–Trinajstić information content (AvgIpc) is 3.52. The zero-order chi connectivity index (χ0) is 23.9. The van der Waals surface area contributed by atoms with Crippen LogP contribution in [0, 0.1) is 22.0 Å². The number of imide groups is 1. The first-order chi connectivity index (χ1) is 16.3. The van der Waals surface area contributed by atoms with Gasteiger partial charge in [-0.15, -0.1) is 0 Å². The second kappa shape index (κ2) is 7.00. The second-order valence-corrected chi connectivity index (χ2v) is 9.38. The van der Waals surface area contributed by atoms with E-state index in [0.29, 0.717) is 29.2 Å². The fourth-order valence-corrected chi connectivity index (χ4v) is 6.55. The van der Waals surface area contributed by atoms with Crippen LogP contribution in [-0.4, -0.2) is 47.2 Å². The number of carbonyl (C=O) groups is 3. The highest BCUT2D eigenvalue weighted by Crippen LogP contribution is 2.61.